The number of carbonyl (C=O) groups is 2. The topological polar surface area (TPSA) is 187 Å². The molecule has 0 saturated carbocycles. The minimum absolute atomic E-state index is 0. The monoisotopic (exact) mass is 431 g/mol. The van der Waals surface area contributed by atoms with Crippen molar-refractivity contribution in [2.45, 2.75) is 69.1 Å². The Balaban J connectivity index is 0.00000420. The first-order chi connectivity index (χ1) is 13.1. The van der Waals surface area contributed by atoms with E-state index in [4.69, 9.17) is 18.9 Å². The number of carboxylic acid groups (broad SMARTS) is 1. The molecule has 0 radical (unpaired) electrons. The molecule has 0 aliphatic carbocycles. The van der Waals surface area contributed by atoms with E-state index in [1.807, 2.05) is 0 Å². The number of aliphatic carboxylic acids is 1. The molecule has 2 rings (SSSR count). The number of hydrogen-bond acceptors (Lipinski definition) is 11. The van der Waals surface area contributed by atoms with E-state index in [0.29, 0.717) is 0 Å². The first-order valence-electron chi connectivity index (χ1n) is 8.74. The van der Waals surface area contributed by atoms with Gasteiger partial charge in [0.2, 0.25) is 5.91 Å². The molecule has 162 valence electrons. The molecule has 13 heteroatoms. The number of hydrogen-bond donors (Lipinski definition) is 5. The van der Waals surface area contributed by atoms with Gasteiger partial charge in [-0.15, -0.1) is 0 Å². The van der Waals surface area contributed by atoms with Gasteiger partial charge in [0.1, 0.15) is 36.6 Å². The quantitative estimate of drug-likeness (QED) is 0.251. The van der Waals surface area contributed by atoms with E-state index in [9.17, 15) is 35.1 Å². The average Bonchev–Trinajstić information content (AvgIpc) is 2.64. The van der Waals surface area contributed by atoms with Gasteiger partial charge in [-0.2, -0.15) is 0 Å². The van der Waals surface area contributed by atoms with Gasteiger partial charge in [0.15, 0.2) is 12.6 Å². The number of carbonyl (C=O) groups excluding carboxylic acids is 2. The Hall–Kier alpha value is -0.380. The molecular weight excluding hydrogens is 405 g/mol. The summed E-state index contributed by atoms with van der Waals surface area (Å²) in [5, 5.41) is 54.0. The number of aliphatic hydroxyl groups excluding tert-OH is 4. The average molecular weight is 431 g/mol. The van der Waals surface area contributed by atoms with Gasteiger partial charge in [0, 0.05) is 20.0 Å². The summed E-state index contributed by atoms with van der Waals surface area (Å²) in [5.41, 5.74) is 0. The second-order valence-corrected chi connectivity index (χ2v) is 6.86. The van der Waals surface area contributed by atoms with Crippen LogP contribution in [0.25, 0.3) is 0 Å². The summed E-state index contributed by atoms with van der Waals surface area (Å²) in [6, 6.07) is -1.09. The molecule has 0 bridgehead atoms. The molecule has 2 fully saturated rings. The molecule has 0 spiro atoms. The van der Waals surface area contributed by atoms with E-state index in [0.717, 1.165) is 0 Å². The van der Waals surface area contributed by atoms with Crippen LogP contribution in [0.5, 0.6) is 0 Å². The van der Waals surface area contributed by atoms with Gasteiger partial charge in [0.25, 0.3) is 0 Å². The first-order valence-corrected chi connectivity index (χ1v) is 8.74. The van der Waals surface area contributed by atoms with Gasteiger partial charge in [0.05, 0.1) is 18.7 Å². The van der Waals surface area contributed by atoms with Crippen LogP contribution in [-0.2, 0) is 28.5 Å². The summed E-state index contributed by atoms with van der Waals surface area (Å²) in [6.45, 7) is 1.96. The first kappa shape index (κ1) is 26.7. The summed E-state index contributed by atoms with van der Waals surface area (Å²) >= 11 is 0. The smallest absolute Gasteiger partial charge is 0.547 e. The fourth-order valence-electron chi connectivity index (χ4n) is 3.36. The molecule has 0 aromatic heterocycles. The van der Waals surface area contributed by atoms with Crippen molar-refractivity contribution < 1.29 is 83.6 Å². The summed E-state index contributed by atoms with van der Waals surface area (Å²) in [5.74, 6) is -3.10. The van der Waals surface area contributed by atoms with Crippen molar-refractivity contribution in [3.05, 3.63) is 0 Å². The molecule has 1 amide bonds. The van der Waals surface area contributed by atoms with Crippen molar-refractivity contribution in [2.24, 2.45) is 5.92 Å². The van der Waals surface area contributed by atoms with E-state index in [-0.39, 0.29) is 29.6 Å². The normalized spacial score (nSPS) is 42.6. The Kier molecular flexibility index (Phi) is 10.4. The zero-order valence-corrected chi connectivity index (χ0v) is 18.6. The van der Waals surface area contributed by atoms with Gasteiger partial charge >= 0.3 is 29.6 Å². The van der Waals surface area contributed by atoms with Crippen molar-refractivity contribution >= 4 is 11.9 Å². The van der Waals surface area contributed by atoms with E-state index >= 15 is 0 Å². The van der Waals surface area contributed by atoms with Crippen LogP contribution in [0.1, 0.15) is 13.8 Å². The van der Waals surface area contributed by atoms with Crippen molar-refractivity contribution in [3.63, 3.8) is 0 Å². The Morgan fingerprint density at radius 2 is 1.72 bits per heavy atom. The number of ether oxygens (including phenoxy) is 4. The Morgan fingerprint density at radius 1 is 1.10 bits per heavy atom. The van der Waals surface area contributed by atoms with Gasteiger partial charge < -0.3 is 54.6 Å². The molecular formula is C16H26NNaO11. The van der Waals surface area contributed by atoms with Crippen LogP contribution < -0.4 is 40.0 Å². The molecule has 2 saturated heterocycles. The van der Waals surface area contributed by atoms with E-state index in [1.54, 1.807) is 0 Å². The molecule has 2 aliphatic heterocycles. The molecule has 10 atom stereocenters. The van der Waals surface area contributed by atoms with Crippen LogP contribution >= 0.6 is 0 Å². The molecule has 2 heterocycles. The molecule has 0 aromatic rings. The minimum Gasteiger partial charge on any atom is -0.547 e. The molecule has 4 unspecified atom stereocenters. The van der Waals surface area contributed by atoms with Crippen LogP contribution in [-0.4, -0.2) is 101 Å². The van der Waals surface area contributed by atoms with Crippen molar-refractivity contribution in [1.82, 2.24) is 5.32 Å². The molecule has 0 aromatic carbocycles. The Morgan fingerprint density at radius 3 is 2.21 bits per heavy atom. The fourth-order valence-corrected chi connectivity index (χ4v) is 3.36. The third kappa shape index (κ3) is 5.86. The number of nitrogens with one attached hydrogen (secondary N) is 1. The van der Waals surface area contributed by atoms with Crippen LogP contribution in [0.15, 0.2) is 0 Å². The second kappa shape index (κ2) is 11.3. The zero-order valence-electron chi connectivity index (χ0n) is 16.6. The molecule has 29 heavy (non-hydrogen) atoms. The number of amides is 1. The summed E-state index contributed by atoms with van der Waals surface area (Å²) < 4.78 is 21.3. The van der Waals surface area contributed by atoms with Gasteiger partial charge in [-0.05, 0) is 0 Å². The van der Waals surface area contributed by atoms with Crippen LogP contribution in [0.3, 0.4) is 0 Å². The van der Waals surface area contributed by atoms with Gasteiger partial charge in [-0.3, -0.25) is 4.79 Å². The summed E-state index contributed by atoms with van der Waals surface area (Å²) in [4.78, 5) is 22.8. The van der Waals surface area contributed by atoms with Crippen molar-refractivity contribution in [3.8, 4) is 0 Å². The van der Waals surface area contributed by atoms with Crippen molar-refractivity contribution in [1.29, 1.82) is 0 Å². The van der Waals surface area contributed by atoms with E-state index in [2.05, 4.69) is 5.32 Å². The minimum atomic E-state index is -1.67. The van der Waals surface area contributed by atoms with Crippen LogP contribution in [0, 0.1) is 5.92 Å². The molecule has 2 aliphatic rings. The van der Waals surface area contributed by atoms with E-state index < -0.39 is 79.6 Å². The van der Waals surface area contributed by atoms with Crippen molar-refractivity contribution in [2.75, 3.05) is 13.7 Å². The third-order valence-corrected chi connectivity index (χ3v) is 4.91. The summed E-state index contributed by atoms with van der Waals surface area (Å²) in [7, 11) is 1.27. The molecule has 5 N–H and O–H groups in total. The summed E-state index contributed by atoms with van der Waals surface area (Å²) in [6.07, 6.45) is -11.5. The Labute approximate surface area is 189 Å². The van der Waals surface area contributed by atoms with Crippen LogP contribution in [0.2, 0.25) is 0 Å². The maximum Gasteiger partial charge on any atom is 1.00 e. The maximum absolute atomic E-state index is 11.6. The van der Waals surface area contributed by atoms with Crippen LogP contribution in [0.4, 0.5) is 0 Å². The molecule has 12 nitrogen and oxygen atoms in total. The fraction of sp³-hybridized carbons (Fsp3) is 0.875. The predicted octanol–water partition coefficient (Wildman–Crippen LogP) is -7.56. The van der Waals surface area contributed by atoms with Gasteiger partial charge in [-0.25, -0.2) is 0 Å². The Bertz CT molecular complexity index is 567. The second-order valence-electron chi connectivity index (χ2n) is 6.86. The maximum atomic E-state index is 11.6. The largest absolute Gasteiger partial charge is 1.00 e. The predicted molar refractivity (Wildman–Crippen MR) is 86.1 cm³/mol. The van der Waals surface area contributed by atoms with Gasteiger partial charge in [-0.1, -0.05) is 6.92 Å². The number of aliphatic hydroxyl groups is 4. The third-order valence-electron chi connectivity index (χ3n) is 4.91. The number of carboxylic acids is 1. The standard InChI is InChI=1S/C16H27NO11.Na/c1-5-9(20)11(22)16(27-12(5)14(23)24)28-13-8(17-6(2)19)15(25-3)26-7(4-18)10(13)21;/h5,7-13,15-16,18,20-22H,4H2,1-3H3,(H,17,19)(H,23,24);/q;+1/p-1/t5-,7?,8?,9-,10+,11?,12?,13+,15+,16-;/m0./s1. The number of rotatable bonds is 6. The van der Waals surface area contributed by atoms with E-state index in [1.165, 1.54) is 21.0 Å². The SMILES string of the molecule is CO[C@@H]1OC(CO)[C@@H](O)[C@H](O[C@@H]2OC(C(=O)[O-])[C@@H](C)[C@H](O)C2O)C1NC(C)=O.[Na+]. The zero-order chi connectivity index (χ0) is 21.2. The number of methoxy groups -OCH3 is 1.